The molecular weight excluding hydrogens is 350 g/mol. The largest absolute Gasteiger partial charge is 0.378 e. The number of carbonyl (C=O) groups is 1. The highest BCUT2D eigenvalue weighted by Gasteiger charge is 2.26. The van der Waals surface area contributed by atoms with Crippen LogP contribution in [0.1, 0.15) is 42.9 Å². The van der Waals surface area contributed by atoms with Crippen molar-refractivity contribution in [1.29, 1.82) is 0 Å². The minimum Gasteiger partial charge on any atom is -0.378 e. The number of hydrogen-bond acceptors (Lipinski definition) is 4. The van der Waals surface area contributed by atoms with Crippen LogP contribution in [0.4, 0.5) is 0 Å². The van der Waals surface area contributed by atoms with Crippen molar-refractivity contribution in [2.24, 2.45) is 4.99 Å². The zero-order valence-corrected chi connectivity index (χ0v) is 16.7. The van der Waals surface area contributed by atoms with Gasteiger partial charge in [-0.2, -0.15) is 9.78 Å². The molecule has 0 saturated carbocycles. The fraction of sp³-hybridized carbons (Fsp3) is 0.348. The second-order valence-corrected chi connectivity index (χ2v) is 7.46. The predicted octanol–water partition coefficient (Wildman–Crippen LogP) is 4.39. The van der Waals surface area contributed by atoms with Gasteiger partial charge in [0.05, 0.1) is 24.5 Å². The lowest BCUT2D eigenvalue weighted by atomic mass is 9.92. The van der Waals surface area contributed by atoms with Crippen molar-refractivity contribution in [2.75, 3.05) is 13.7 Å². The third-order valence-corrected chi connectivity index (χ3v) is 5.53. The van der Waals surface area contributed by atoms with Gasteiger partial charge in [-0.3, -0.25) is 9.79 Å². The number of aliphatic imine (C=N–C) groups is 1. The Hall–Kier alpha value is -2.79. The number of hydrogen-bond donors (Lipinski definition) is 0. The van der Waals surface area contributed by atoms with Crippen molar-refractivity contribution in [2.45, 2.75) is 39.7 Å². The van der Waals surface area contributed by atoms with Crippen LogP contribution in [0.3, 0.4) is 0 Å². The second kappa shape index (κ2) is 7.68. The van der Waals surface area contributed by atoms with Gasteiger partial charge in [-0.1, -0.05) is 35.9 Å². The molecule has 0 N–H and O–H groups in total. The molecule has 5 heteroatoms. The highest BCUT2D eigenvalue weighted by atomic mass is 16.5. The molecule has 28 heavy (non-hydrogen) atoms. The number of aromatic nitrogens is 2. The molecule has 0 unspecified atom stereocenters. The monoisotopic (exact) mass is 375 g/mol. The van der Waals surface area contributed by atoms with E-state index in [1.807, 2.05) is 18.2 Å². The highest BCUT2D eigenvalue weighted by molar-refractivity contribution is 6.01. The number of ether oxygens (including phenoxy) is 1. The normalized spacial score (nSPS) is 16.3. The number of carbonyl (C=O) groups excluding carboxylic acids is 1. The van der Waals surface area contributed by atoms with Crippen LogP contribution in [0.15, 0.2) is 58.1 Å². The van der Waals surface area contributed by atoms with Gasteiger partial charge in [0.25, 0.3) is 5.91 Å². The molecule has 2 aromatic rings. The SMILES string of the molecule is COCc1nn2c(c1-c1ccccc1)CC(CCC1=C(C)CN=C1C)=CC2=O. The second-order valence-electron chi connectivity index (χ2n) is 7.46. The lowest BCUT2D eigenvalue weighted by molar-refractivity contribution is 0.0943. The first kappa shape index (κ1) is 18.6. The summed E-state index contributed by atoms with van der Waals surface area (Å²) in [7, 11) is 1.65. The molecular formula is C23H25N3O2. The Morgan fingerprint density at radius 2 is 1.93 bits per heavy atom. The molecule has 0 fully saturated rings. The molecule has 0 radical (unpaired) electrons. The van der Waals surface area contributed by atoms with E-state index in [4.69, 9.17) is 4.74 Å². The standard InChI is InChI=1S/C23H25N3O2/c1-15-13-24-16(2)19(15)10-9-17-11-21-23(18-7-5-4-6-8-18)20(14-28-3)25-26(21)22(27)12-17/h4-8,12H,9-11,13-14H2,1-3H3. The first-order valence-electron chi connectivity index (χ1n) is 9.67. The predicted molar refractivity (Wildman–Crippen MR) is 111 cm³/mol. The van der Waals surface area contributed by atoms with E-state index in [2.05, 4.69) is 36.1 Å². The summed E-state index contributed by atoms with van der Waals surface area (Å²) >= 11 is 0. The smallest absolute Gasteiger partial charge is 0.271 e. The summed E-state index contributed by atoms with van der Waals surface area (Å²) < 4.78 is 6.89. The number of nitrogens with zero attached hydrogens (tertiary/aromatic N) is 3. The van der Waals surface area contributed by atoms with E-state index >= 15 is 0 Å². The average Bonchev–Trinajstić information content (AvgIpc) is 3.21. The first-order valence-corrected chi connectivity index (χ1v) is 9.67. The zero-order chi connectivity index (χ0) is 19.7. The number of rotatable bonds is 6. The van der Waals surface area contributed by atoms with E-state index in [-0.39, 0.29) is 5.91 Å². The van der Waals surface area contributed by atoms with Crippen molar-refractivity contribution in [3.05, 3.63) is 64.5 Å². The van der Waals surface area contributed by atoms with E-state index in [0.29, 0.717) is 6.61 Å². The first-order chi connectivity index (χ1) is 13.6. The van der Waals surface area contributed by atoms with E-state index in [9.17, 15) is 4.79 Å². The maximum absolute atomic E-state index is 12.8. The van der Waals surface area contributed by atoms with Crippen LogP contribution in [0.25, 0.3) is 11.1 Å². The molecule has 0 aliphatic carbocycles. The molecule has 5 nitrogen and oxygen atoms in total. The lowest BCUT2D eigenvalue weighted by Crippen LogP contribution is -2.19. The van der Waals surface area contributed by atoms with Gasteiger partial charge in [-0.15, -0.1) is 0 Å². The van der Waals surface area contributed by atoms with Gasteiger partial charge in [-0.25, -0.2) is 0 Å². The number of methoxy groups -OCH3 is 1. The Kier molecular flexibility index (Phi) is 5.09. The Labute approximate surface area is 165 Å². The third-order valence-electron chi connectivity index (χ3n) is 5.53. The van der Waals surface area contributed by atoms with Gasteiger partial charge in [-0.05, 0) is 43.4 Å². The van der Waals surface area contributed by atoms with Crippen molar-refractivity contribution < 1.29 is 9.53 Å². The van der Waals surface area contributed by atoms with E-state index < -0.39 is 0 Å². The molecule has 0 amide bonds. The van der Waals surface area contributed by atoms with Crippen molar-refractivity contribution >= 4 is 11.6 Å². The van der Waals surface area contributed by atoms with E-state index in [1.54, 1.807) is 17.9 Å². The molecule has 1 aromatic carbocycles. The van der Waals surface area contributed by atoms with Gasteiger partial charge in [0.1, 0.15) is 0 Å². The van der Waals surface area contributed by atoms with Gasteiger partial charge < -0.3 is 4.74 Å². The third kappa shape index (κ3) is 3.38. The van der Waals surface area contributed by atoms with E-state index in [1.165, 1.54) is 11.1 Å². The van der Waals surface area contributed by atoms with Crippen LogP contribution < -0.4 is 0 Å². The molecule has 0 atom stereocenters. The highest BCUT2D eigenvalue weighted by Crippen LogP contribution is 2.33. The molecule has 2 aliphatic heterocycles. The van der Waals surface area contributed by atoms with Crippen molar-refractivity contribution in [1.82, 2.24) is 9.78 Å². The van der Waals surface area contributed by atoms with E-state index in [0.717, 1.165) is 59.6 Å². The summed E-state index contributed by atoms with van der Waals surface area (Å²) in [5.74, 6) is -0.0710. The van der Waals surface area contributed by atoms with Gasteiger partial charge >= 0.3 is 0 Å². The summed E-state index contributed by atoms with van der Waals surface area (Å²) in [4.78, 5) is 17.3. The molecule has 4 rings (SSSR count). The minimum absolute atomic E-state index is 0.0710. The fourth-order valence-electron chi connectivity index (χ4n) is 4.10. The Balaban J connectivity index is 1.64. The molecule has 0 saturated heterocycles. The lowest BCUT2D eigenvalue weighted by Gasteiger charge is -2.16. The average molecular weight is 375 g/mol. The molecule has 0 bridgehead atoms. The number of fused-ring (bicyclic) bond motifs is 1. The number of allylic oxidation sites excluding steroid dienone is 3. The summed E-state index contributed by atoms with van der Waals surface area (Å²) in [6, 6.07) is 10.1. The van der Waals surface area contributed by atoms with Gasteiger partial charge in [0.15, 0.2) is 0 Å². The quantitative estimate of drug-likeness (QED) is 0.752. The molecule has 144 valence electrons. The van der Waals surface area contributed by atoms with Gasteiger partial charge in [0, 0.05) is 30.9 Å². The number of benzene rings is 1. The van der Waals surface area contributed by atoms with Crippen molar-refractivity contribution in [3.63, 3.8) is 0 Å². The van der Waals surface area contributed by atoms with Crippen LogP contribution in [0.5, 0.6) is 0 Å². The molecule has 3 heterocycles. The topological polar surface area (TPSA) is 56.5 Å². The molecule has 1 aromatic heterocycles. The fourth-order valence-corrected chi connectivity index (χ4v) is 4.10. The summed E-state index contributed by atoms with van der Waals surface area (Å²) in [6.07, 6.45) is 4.28. The Morgan fingerprint density at radius 3 is 2.61 bits per heavy atom. The molecule has 2 aliphatic rings. The van der Waals surface area contributed by atoms with Crippen LogP contribution in [0, 0.1) is 0 Å². The van der Waals surface area contributed by atoms with Crippen LogP contribution in [-0.4, -0.2) is 35.1 Å². The maximum atomic E-state index is 12.8. The van der Waals surface area contributed by atoms with Crippen LogP contribution in [0.2, 0.25) is 0 Å². The van der Waals surface area contributed by atoms with Crippen LogP contribution >= 0.6 is 0 Å². The summed E-state index contributed by atoms with van der Waals surface area (Å²) in [5.41, 5.74) is 8.84. The van der Waals surface area contributed by atoms with Gasteiger partial charge in [0.2, 0.25) is 0 Å². The Bertz CT molecular complexity index is 1010. The van der Waals surface area contributed by atoms with Crippen LogP contribution in [-0.2, 0) is 17.8 Å². The summed E-state index contributed by atoms with van der Waals surface area (Å²) in [6.45, 7) is 5.42. The maximum Gasteiger partial charge on any atom is 0.271 e. The summed E-state index contributed by atoms with van der Waals surface area (Å²) in [5, 5.41) is 4.56. The molecule has 0 spiro atoms. The minimum atomic E-state index is -0.0710. The zero-order valence-electron chi connectivity index (χ0n) is 16.7. The van der Waals surface area contributed by atoms with Crippen molar-refractivity contribution in [3.8, 4) is 11.1 Å². The Morgan fingerprint density at radius 1 is 1.14 bits per heavy atom.